The maximum absolute atomic E-state index is 13.5. The number of anilines is 2. The van der Waals surface area contributed by atoms with E-state index in [0.717, 1.165) is 42.7 Å². The molecule has 0 spiro atoms. The van der Waals surface area contributed by atoms with Gasteiger partial charge in [-0.3, -0.25) is 14.0 Å². The van der Waals surface area contributed by atoms with E-state index in [9.17, 15) is 22.8 Å². The van der Waals surface area contributed by atoms with E-state index in [4.69, 9.17) is 20.2 Å². The third-order valence-electron chi connectivity index (χ3n) is 8.69. The number of amides is 2. The number of nitrogens with one attached hydrogen (secondary N) is 1. The molecule has 4 aromatic rings. The zero-order valence-corrected chi connectivity index (χ0v) is 25.6. The molecule has 3 N–H and O–H groups in total. The first-order valence-corrected chi connectivity index (χ1v) is 14.9. The molecule has 0 saturated carbocycles. The third-order valence-corrected chi connectivity index (χ3v) is 8.69. The molecule has 2 atom stereocenters. The third kappa shape index (κ3) is 5.78. The van der Waals surface area contributed by atoms with Gasteiger partial charge >= 0.3 is 6.18 Å². The van der Waals surface area contributed by atoms with E-state index in [0.29, 0.717) is 36.5 Å². The van der Waals surface area contributed by atoms with E-state index in [1.54, 1.807) is 37.6 Å². The number of nitrogen functional groups attached to an aromatic ring is 1. The molecule has 3 aromatic heterocycles. The van der Waals surface area contributed by atoms with E-state index in [2.05, 4.69) is 22.2 Å². The topological polar surface area (TPSA) is 137 Å². The van der Waals surface area contributed by atoms with Crippen molar-refractivity contribution in [2.45, 2.75) is 51.4 Å². The average molecular weight is 638 g/mol. The Morgan fingerprint density at radius 2 is 1.89 bits per heavy atom. The Labute approximate surface area is 262 Å². The summed E-state index contributed by atoms with van der Waals surface area (Å²) < 4.78 is 52.1. The van der Waals surface area contributed by atoms with Gasteiger partial charge in [-0.05, 0) is 51.0 Å². The van der Waals surface area contributed by atoms with Crippen molar-refractivity contribution in [2.24, 2.45) is 5.41 Å². The Hall–Kier alpha value is -4.56. The van der Waals surface area contributed by atoms with Crippen molar-refractivity contribution >= 4 is 29.0 Å². The lowest BCUT2D eigenvalue weighted by Crippen LogP contribution is -2.57. The van der Waals surface area contributed by atoms with Crippen LogP contribution < -0.4 is 11.1 Å². The number of benzene rings is 1. The Morgan fingerprint density at radius 3 is 2.54 bits per heavy atom. The highest BCUT2D eigenvalue weighted by Gasteiger charge is 2.46. The maximum Gasteiger partial charge on any atom is 0.416 e. The molecule has 6 rings (SSSR count). The number of aromatic nitrogens is 4. The highest BCUT2D eigenvalue weighted by Crippen LogP contribution is 2.39. The predicted molar refractivity (Wildman–Crippen MR) is 163 cm³/mol. The zero-order valence-electron chi connectivity index (χ0n) is 25.6. The van der Waals surface area contributed by atoms with E-state index < -0.39 is 23.1 Å². The molecule has 46 heavy (non-hydrogen) atoms. The molecule has 2 saturated heterocycles. The minimum atomic E-state index is -4.57. The number of pyridine rings is 1. The van der Waals surface area contributed by atoms with Crippen LogP contribution in [-0.4, -0.2) is 69.0 Å². The standard InChI is InChI=1S/C32H34F3N7O4/c1-18-4-5-21(14-41(18)30(44)31(2)16-46-17-31)28-40-25(26-27(36)38-13-23(15-45-3)42(26)28)19-6-8-20(9-7-19)29(43)39-24-12-22(10-11-37-24)32(33,34)35/h6-13,18,21H,4-5,14-17H2,1-3H3,(H2,36,38)(H,37,39,43)/t18-,21+/m0/s1. The highest BCUT2D eigenvalue weighted by atomic mass is 19.4. The van der Waals surface area contributed by atoms with E-state index >= 15 is 0 Å². The maximum atomic E-state index is 13.5. The molecule has 2 amide bonds. The number of carbonyl (C=O) groups is 2. The van der Waals surface area contributed by atoms with Gasteiger partial charge < -0.3 is 25.4 Å². The highest BCUT2D eigenvalue weighted by molar-refractivity contribution is 6.04. The average Bonchev–Trinajstić information content (AvgIpc) is 3.43. The number of halogens is 3. The van der Waals surface area contributed by atoms with Crippen molar-refractivity contribution in [2.75, 3.05) is 37.9 Å². The first kappa shape index (κ1) is 31.4. The summed E-state index contributed by atoms with van der Waals surface area (Å²) in [6.07, 6.45) is -0.333. The fourth-order valence-electron chi connectivity index (χ4n) is 6.07. The van der Waals surface area contributed by atoms with Crippen molar-refractivity contribution in [1.29, 1.82) is 0 Å². The van der Waals surface area contributed by atoms with E-state index in [1.165, 1.54) is 0 Å². The molecular weight excluding hydrogens is 603 g/mol. The first-order chi connectivity index (χ1) is 21.9. The van der Waals surface area contributed by atoms with Crippen LogP contribution in [0.3, 0.4) is 0 Å². The van der Waals surface area contributed by atoms with Crippen molar-refractivity contribution in [3.63, 3.8) is 0 Å². The number of alkyl halides is 3. The molecule has 14 heteroatoms. The molecule has 1 aromatic carbocycles. The van der Waals surface area contributed by atoms with Crippen molar-refractivity contribution in [1.82, 2.24) is 24.3 Å². The SMILES string of the molecule is COCc1cnc(N)c2c(-c3ccc(C(=O)Nc4cc(C(F)(F)F)ccn4)cc3)nc([C@@H]3CC[C@H](C)N(C(=O)C4(C)COC4)C3)n12. The molecular formula is C32H34F3N7O4. The first-order valence-electron chi connectivity index (χ1n) is 14.9. The summed E-state index contributed by atoms with van der Waals surface area (Å²) in [4.78, 5) is 41.7. The number of rotatable bonds is 7. The Kier molecular flexibility index (Phi) is 8.19. The van der Waals surface area contributed by atoms with Gasteiger partial charge in [0.1, 0.15) is 28.7 Å². The predicted octanol–water partition coefficient (Wildman–Crippen LogP) is 4.92. The van der Waals surface area contributed by atoms with Crippen LogP contribution in [0.25, 0.3) is 16.8 Å². The van der Waals surface area contributed by atoms with Crippen molar-refractivity contribution < 1.29 is 32.2 Å². The quantitative estimate of drug-likeness (QED) is 0.291. The number of carbonyl (C=O) groups excluding carboxylic acids is 2. The number of hydrogen-bond donors (Lipinski definition) is 2. The summed E-state index contributed by atoms with van der Waals surface area (Å²) in [6, 6.07) is 8.17. The normalized spacial score (nSPS) is 19.6. The van der Waals surface area contributed by atoms with Crippen LogP contribution in [0.4, 0.5) is 24.8 Å². The number of nitrogens with two attached hydrogens (primary N) is 1. The second-order valence-electron chi connectivity index (χ2n) is 12.2. The van der Waals surface area contributed by atoms with E-state index in [1.807, 2.05) is 16.2 Å². The molecule has 0 aliphatic carbocycles. The monoisotopic (exact) mass is 637 g/mol. The van der Waals surface area contributed by atoms with Gasteiger partial charge in [0.25, 0.3) is 5.91 Å². The summed E-state index contributed by atoms with van der Waals surface area (Å²) >= 11 is 0. The minimum absolute atomic E-state index is 0.0712. The Morgan fingerprint density at radius 1 is 1.15 bits per heavy atom. The smallest absolute Gasteiger partial charge is 0.382 e. The molecule has 242 valence electrons. The van der Waals surface area contributed by atoms with Crippen molar-refractivity contribution in [3.05, 3.63) is 71.4 Å². The molecule has 0 radical (unpaired) electrons. The summed E-state index contributed by atoms with van der Waals surface area (Å²) in [7, 11) is 1.59. The molecule has 0 bridgehead atoms. The molecule has 11 nitrogen and oxygen atoms in total. The van der Waals surface area contributed by atoms with Crippen LogP contribution in [0.5, 0.6) is 0 Å². The van der Waals surface area contributed by atoms with Crippen LogP contribution in [0.2, 0.25) is 0 Å². The van der Waals surface area contributed by atoms with Crippen LogP contribution in [0, 0.1) is 5.41 Å². The number of nitrogens with zero attached hydrogens (tertiary/aromatic N) is 5. The van der Waals surface area contributed by atoms with Crippen molar-refractivity contribution in [3.8, 4) is 11.3 Å². The van der Waals surface area contributed by atoms with E-state index in [-0.39, 0.29) is 41.7 Å². The van der Waals surface area contributed by atoms with Gasteiger partial charge in [-0.1, -0.05) is 12.1 Å². The van der Waals surface area contributed by atoms with Gasteiger partial charge in [0.05, 0.1) is 42.7 Å². The number of piperidine rings is 1. The number of fused-ring (bicyclic) bond motifs is 1. The molecule has 2 aliphatic rings. The largest absolute Gasteiger partial charge is 0.416 e. The molecule has 2 fully saturated rings. The second kappa shape index (κ2) is 12.0. The van der Waals surface area contributed by atoms with Gasteiger partial charge in [-0.25, -0.2) is 15.0 Å². The van der Waals surface area contributed by atoms with Gasteiger partial charge in [0, 0.05) is 42.9 Å². The molecule has 0 unspecified atom stereocenters. The van der Waals surface area contributed by atoms with Crippen LogP contribution in [0.1, 0.15) is 60.0 Å². The van der Waals surface area contributed by atoms with Gasteiger partial charge in [-0.15, -0.1) is 0 Å². The molecule has 5 heterocycles. The lowest BCUT2D eigenvalue weighted by atomic mass is 9.84. The lowest BCUT2D eigenvalue weighted by Gasteiger charge is -2.45. The number of imidazole rings is 1. The second-order valence-corrected chi connectivity index (χ2v) is 12.2. The number of ether oxygens (including phenoxy) is 2. The number of hydrogen-bond acceptors (Lipinski definition) is 8. The van der Waals surface area contributed by atoms with Crippen LogP contribution in [-0.2, 0) is 27.1 Å². The fourth-order valence-corrected chi connectivity index (χ4v) is 6.07. The fraction of sp³-hybridized carbons (Fsp3) is 0.406. The summed E-state index contributed by atoms with van der Waals surface area (Å²) in [5.74, 6) is 0.110. The van der Waals surface area contributed by atoms with Crippen LogP contribution >= 0.6 is 0 Å². The minimum Gasteiger partial charge on any atom is -0.382 e. The number of methoxy groups -OCH3 is 1. The molecule has 2 aliphatic heterocycles. The number of likely N-dealkylation sites (tertiary alicyclic amines) is 1. The van der Waals surface area contributed by atoms with Gasteiger partial charge in [0.15, 0.2) is 0 Å². The zero-order chi connectivity index (χ0) is 32.8. The summed E-state index contributed by atoms with van der Waals surface area (Å²) in [5, 5.41) is 2.42. The lowest BCUT2D eigenvalue weighted by molar-refractivity contribution is -0.172. The van der Waals surface area contributed by atoms with Crippen LogP contribution in [0.15, 0.2) is 48.8 Å². The Bertz CT molecular complexity index is 1790. The summed E-state index contributed by atoms with van der Waals surface area (Å²) in [6.45, 7) is 5.52. The van der Waals surface area contributed by atoms with Gasteiger partial charge in [-0.2, -0.15) is 13.2 Å². The summed E-state index contributed by atoms with van der Waals surface area (Å²) in [5.41, 5.74) is 7.71. The Balaban J connectivity index is 1.33. The van der Waals surface area contributed by atoms with Gasteiger partial charge in [0.2, 0.25) is 5.91 Å².